The van der Waals surface area contributed by atoms with Crippen molar-refractivity contribution in [3.63, 3.8) is 0 Å². The van der Waals surface area contributed by atoms with Gasteiger partial charge in [-0.3, -0.25) is 9.89 Å². The summed E-state index contributed by atoms with van der Waals surface area (Å²) >= 11 is 0. The molecule has 0 bridgehead atoms. The third-order valence-corrected chi connectivity index (χ3v) is 3.25. The lowest BCUT2D eigenvalue weighted by molar-refractivity contribution is -0.143. The molecular formula is C16H26F3IN4. The highest BCUT2D eigenvalue weighted by Gasteiger charge is 2.28. The number of benzene rings is 1. The highest BCUT2D eigenvalue weighted by atomic mass is 127. The number of nitrogens with two attached hydrogens (primary N) is 1. The van der Waals surface area contributed by atoms with Gasteiger partial charge in [0.15, 0.2) is 5.96 Å². The SMILES string of the molecule is CC(C)c1cccc(NC(N)=NCCCN(C)CC(F)(F)F)c1.I. The topological polar surface area (TPSA) is 53.6 Å². The minimum absolute atomic E-state index is 0. The summed E-state index contributed by atoms with van der Waals surface area (Å²) < 4.78 is 36.5. The van der Waals surface area contributed by atoms with E-state index in [0.29, 0.717) is 25.4 Å². The Labute approximate surface area is 158 Å². The highest BCUT2D eigenvalue weighted by molar-refractivity contribution is 14.0. The van der Waals surface area contributed by atoms with Gasteiger partial charge in [-0.2, -0.15) is 13.2 Å². The van der Waals surface area contributed by atoms with Gasteiger partial charge in [-0.05, 0) is 43.6 Å². The molecule has 4 nitrogen and oxygen atoms in total. The Morgan fingerprint density at radius 1 is 1.33 bits per heavy atom. The van der Waals surface area contributed by atoms with E-state index < -0.39 is 12.7 Å². The van der Waals surface area contributed by atoms with Crippen LogP contribution in [0.4, 0.5) is 18.9 Å². The van der Waals surface area contributed by atoms with E-state index in [1.54, 1.807) is 0 Å². The van der Waals surface area contributed by atoms with E-state index in [1.807, 2.05) is 24.3 Å². The van der Waals surface area contributed by atoms with Crippen molar-refractivity contribution >= 4 is 35.6 Å². The second-order valence-electron chi connectivity index (χ2n) is 5.88. The van der Waals surface area contributed by atoms with Crippen molar-refractivity contribution in [2.45, 2.75) is 32.4 Å². The van der Waals surface area contributed by atoms with Crippen molar-refractivity contribution in [2.75, 3.05) is 32.0 Å². The first-order valence-electron chi connectivity index (χ1n) is 7.59. The van der Waals surface area contributed by atoms with Crippen LogP contribution < -0.4 is 11.1 Å². The summed E-state index contributed by atoms with van der Waals surface area (Å²) in [6.07, 6.45) is -3.65. The zero-order valence-corrected chi connectivity index (χ0v) is 16.6. The normalized spacial score (nSPS) is 12.4. The van der Waals surface area contributed by atoms with E-state index in [0.717, 1.165) is 5.69 Å². The molecule has 0 heterocycles. The van der Waals surface area contributed by atoms with Crippen molar-refractivity contribution in [1.29, 1.82) is 0 Å². The molecule has 0 saturated carbocycles. The summed E-state index contributed by atoms with van der Waals surface area (Å²) in [7, 11) is 1.44. The Kier molecular flexibility index (Phi) is 10.3. The summed E-state index contributed by atoms with van der Waals surface area (Å²) in [6, 6.07) is 7.88. The van der Waals surface area contributed by atoms with Crippen LogP contribution in [0.15, 0.2) is 29.3 Å². The molecule has 0 spiro atoms. The van der Waals surface area contributed by atoms with Crippen LogP contribution in [-0.2, 0) is 0 Å². The van der Waals surface area contributed by atoms with E-state index in [-0.39, 0.29) is 29.9 Å². The number of nitrogens with one attached hydrogen (secondary N) is 1. The van der Waals surface area contributed by atoms with Crippen molar-refractivity contribution in [3.05, 3.63) is 29.8 Å². The second-order valence-corrected chi connectivity index (χ2v) is 5.88. The summed E-state index contributed by atoms with van der Waals surface area (Å²) in [5.74, 6) is 0.684. The van der Waals surface area contributed by atoms with Crippen LogP contribution in [0.2, 0.25) is 0 Å². The van der Waals surface area contributed by atoms with E-state index in [4.69, 9.17) is 5.73 Å². The number of hydrogen-bond acceptors (Lipinski definition) is 2. The van der Waals surface area contributed by atoms with Gasteiger partial charge in [0.05, 0.1) is 6.54 Å². The Morgan fingerprint density at radius 2 is 2.00 bits per heavy atom. The number of halogens is 4. The van der Waals surface area contributed by atoms with Crippen LogP contribution in [0.3, 0.4) is 0 Å². The number of alkyl halides is 3. The second kappa shape index (κ2) is 10.8. The van der Waals surface area contributed by atoms with Gasteiger partial charge >= 0.3 is 6.18 Å². The minimum atomic E-state index is -4.17. The first-order chi connectivity index (χ1) is 10.7. The lowest BCUT2D eigenvalue weighted by Gasteiger charge is -2.17. The average molecular weight is 458 g/mol. The molecule has 1 rings (SSSR count). The van der Waals surface area contributed by atoms with Gasteiger partial charge in [0, 0.05) is 12.2 Å². The molecule has 0 fully saturated rings. The summed E-state index contributed by atoms with van der Waals surface area (Å²) in [5.41, 5.74) is 7.84. The van der Waals surface area contributed by atoms with Gasteiger partial charge in [0.25, 0.3) is 0 Å². The van der Waals surface area contributed by atoms with E-state index >= 15 is 0 Å². The van der Waals surface area contributed by atoms with E-state index in [1.165, 1.54) is 17.5 Å². The van der Waals surface area contributed by atoms with Crippen molar-refractivity contribution < 1.29 is 13.2 Å². The smallest absolute Gasteiger partial charge is 0.370 e. The molecule has 1 aromatic carbocycles. The Balaban J connectivity index is 0.00000529. The largest absolute Gasteiger partial charge is 0.401 e. The predicted molar refractivity (Wildman–Crippen MR) is 104 cm³/mol. The third kappa shape index (κ3) is 9.96. The summed E-state index contributed by atoms with van der Waals surface area (Å²) in [4.78, 5) is 5.37. The summed E-state index contributed by atoms with van der Waals surface area (Å²) in [5, 5.41) is 3.00. The Hall–Kier alpha value is -1.03. The van der Waals surface area contributed by atoms with Gasteiger partial charge < -0.3 is 11.1 Å². The van der Waals surface area contributed by atoms with Crippen LogP contribution in [-0.4, -0.2) is 43.7 Å². The van der Waals surface area contributed by atoms with Gasteiger partial charge in [-0.15, -0.1) is 24.0 Å². The van der Waals surface area contributed by atoms with Crippen LogP contribution in [0.25, 0.3) is 0 Å². The Morgan fingerprint density at radius 3 is 2.58 bits per heavy atom. The summed E-state index contributed by atoms with van der Waals surface area (Å²) in [6.45, 7) is 4.00. The molecule has 0 radical (unpaired) electrons. The average Bonchev–Trinajstić information content (AvgIpc) is 2.42. The van der Waals surface area contributed by atoms with Crippen LogP contribution in [0, 0.1) is 0 Å². The van der Waals surface area contributed by atoms with Gasteiger partial charge in [-0.25, -0.2) is 0 Å². The third-order valence-electron chi connectivity index (χ3n) is 3.25. The van der Waals surface area contributed by atoms with Crippen LogP contribution in [0.1, 0.15) is 31.7 Å². The number of aliphatic imine (C=N–C) groups is 1. The number of hydrogen-bond donors (Lipinski definition) is 2. The minimum Gasteiger partial charge on any atom is -0.370 e. The van der Waals surface area contributed by atoms with E-state index in [2.05, 4.69) is 24.2 Å². The van der Waals surface area contributed by atoms with Gasteiger partial charge in [0.2, 0.25) is 0 Å². The lowest BCUT2D eigenvalue weighted by atomic mass is 10.0. The molecule has 0 aromatic heterocycles. The molecule has 0 amide bonds. The molecule has 1 aromatic rings. The number of anilines is 1. The number of rotatable bonds is 7. The molecule has 3 N–H and O–H groups in total. The first-order valence-corrected chi connectivity index (χ1v) is 7.59. The van der Waals surface area contributed by atoms with Crippen molar-refractivity contribution in [3.8, 4) is 0 Å². The van der Waals surface area contributed by atoms with Crippen molar-refractivity contribution in [2.24, 2.45) is 10.7 Å². The van der Waals surface area contributed by atoms with Gasteiger partial charge in [-0.1, -0.05) is 26.0 Å². The number of nitrogens with zero attached hydrogens (tertiary/aromatic N) is 2. The fourth-order valence-electron chi connectivity index (χ4n) is 2.09. The fourth-order valence-corrected chi connectivity index (χ4v) is 2.09. The quantitative estimate of drug-likeness (QED) is 0.281. The molecule has 0 atom stereocenters. The monoisotopic (exact) mass is 458 g/mol. The maximum absolute atomic E-state index is 12.2. The molecular weight excluding hydrogens is 432 g/mol. The molecule has 0 saturated heterocycles. The molecule has 0 aliphatic carbocycles. The molecule has 138 valence electrons. The lowest BCUT2D eigenvalue weighted by Crippen LogP contribution is -2.32. The molecule has 0 aliphatic rings. The molecule has 24 heavy (non-hydrogen) atoms. The van der Waals surface area contributed by atoms with Crippen molar-refractivity contribution in [1.82, 2.24) is 4.90 Å². The standard InChI is InChI=1S/C16H25F3N4.HI/c1-12(2)13-6-4-7-14(10-13)22-15(20)21-8-5-9-23(3)11-16(17,18)19;/h4,6-7,10,12H,5,8-9,11H2,1-3H3,(H3,20,21,22);1H. The zero-order valence-electron chi connectivity index (χ0n) is 14.2. The first kappa shape index (κ1) is 23.0. The maximum Gasteiger partial charge on any atom is 0.401 e. The fraction of sp³-hybridized carbons (Fsp3) is 0.562. The maximum atomic E-state index is 12.2. The molecule has 8 heteroatoms. The number of guanidine groups is 1. The predicted octanol–water partition coefficient (Wildman–Crippen LogP) is 4.04. The van der Waals surface area contributed by atoms with Crippen LogP contribution in [0.5, 0.6) is 0 Å². The highest BCUT2D eigenvalue weighted by Crippen LogP contribution is 2.18. The van der Waals surface area contributed by atoms with Gasteiger partial charge in [0.1, 0.15) is 0 Å². The van der Waals surface area contributed by atoms with E-state index in [9.17, 15) is 13.2 Å². The molecule has 0 unspecified atom stereocenters. The Bertz CT molecular complexity index is 518. The zero-order chi connectivity index (χ0) is 17.5. The molecule has 0 aliphatic heterocycles. The van der Waals surface area contributed by atoms with Crippen LogP contribution >= 0.6 is 24.0 Å².